The Hall–Kier alpha value is -2.19. The molecule has 0 aromatic heterocycles. The van der Waals surface area contributed by atoms with Crippen LogP contribution in [0.25, 0.3) is 0 Å². The van der Waals surface area contributed by atoms with Gasteiger partial charge < -0.3 is 28.7 Å². The number of para-hydroxylation sites is 2. The number of aryl methyl sites for hydroxylation is 3. The third kappa shape index (κ3) is 11.0. The van der Waals surface area contributed by atoms with Gasteiger partial charge in [-0.3, -0.25) is 0 Å². The smallest absolute Gasteiger partial charge is 0.146 e. The Kier molecular flexibility index (Phi) is 15.4. The van der Waals surface area contributed by atoms with E-state index in [1.165, 1.54) is 22.4 Å². The second-order valence-corrected chi connectivity index (χ2v) is 16.3. The molecular formula is C34H45Cl2N2O5Ru-. The Morgan fingerprint density at radius 3 is 2.16 bits per heavy atom. The zero-order valence-corrected chi connectivity index (χ0v) is 30.0. The molecule has 1 aliphatic rings. The average Bonchev–Trinajstić information content (AvgIpc) is 3.43. The number of rotatable bonds is 13. The Balaban J connectivity index is 0.000000317. The molecule has 3 aromatic rings. The fraction of sp³-hybridized carbons (Fsp3) is 0.412. The molecule has 0 saturated carbocycles. The van der Waals surface area contributed by atoms with Crippen LogP contribution in [0, 0.1) is 27.4 Å². The SMILES string of the molecule is CC(C)Oc1ccccc1[CH]=[Ru]([Cl])[Cl].COCCOc1cccc(COCOC)c1N1[CH-]N(c2c(C)cc(C)cc2C)CC1. The van der Waals surface area contributed by atoms with Crippen LogP contribution in [0.15, 0.2) is 54.6 Å². The fourth-order valence-electron chi connectivity index (χ4n) is 5.07. The van der Waals surface area contributed by atoms with Crippen LogP contribution < -0.4 is 19.3 Å². The molecular weight excluding hydrogens is 688 g/mol. The molecule has 3 aromatic carbocycles. The van der Waals surface area contributed by atoms with E-state index >= 15 is 0 Å². The summed E-state index contributed by atoms with van der Waals surface area (Å²) in [6, 6.07) is 18.3. The van der Waals surface area contributed by atoms with Gasteiger partial charge in [0.15, 0.2) is 0 Å². The summed E-state index contributed by atoms with van der Waals surface area (Å²) in [7, 11) is 14.9. The van der Waals surface area contributed by atoms with Gasteiger partial charge >= 0.3 is 97.8 Å². The molecule has 0 unspecified atom stereocenters. The predicted molar refractivity (Wildman–Crippen MR) is 179 cm³/mol. The van der Waals surface area contributed by atoms with Crippen LogP contribution >= 0.6 is 19.4 Å². The first-order valence-corrected chi connectivity index (χ1v) is 20.0. The maximum Gasteiger partial charge on any atom is 0.146 e. The van der Waals surface area contributed by atoms with E-state index in [1.807, 2.05) is 54.9 Å². The number of benzene rings is 3. The molecule has 0 atom stereocenters. The quantitative estimate of drug-likeness (QED) is 0.0771. The molecule has 7 nitrogen and oxygen atoms in total. The third-order valence-corrected chi connectivity index (χ3v) is 8.46. The van der Waals surface area contributed by atoms with Crippen molar-refractivity contribution in [1.29, 1.82) is 0 Å². The van der Waals surface area contributed by atoms with Gasteiger partial charge in [0.05, 0.1) is 18.9 Å². The van der Waals surface area contributed by atoms with Crippen LogP contribution in [0.1, 0.15) is 41.7 Å². The summed E-state index contributed by atoms with van der Waals surface area (Å²) in [5.41, 5.74) is 8.24. The van der Waals surface area contributed by atoms with Crippen LogP contribution in [0.2, 0.25) is 0 Å². The monoisotopic (exact) mass is 733 g/mol. The van der Waals surface area contributed by atoms with Crippen LogP contribution in [0.5, 0.6) is 11.5 Å². The molecule has 244 valence electrons. The normalized spacial score (nSPS) is 13.1. The van der Waals surface area contributed by atoms with Gasteiger partial charge in [-0.05, 0) is 38.0 Å². The fourth-order valence-corrected chi connectivity index (χ4v) is 6.88. The first-order chi connectivity index (χ1) is 21.1. The second kappa shape index (κ2) is 18.7. The summed E-state index contributed by atoms with van der Waals surface area (Å²) in [6.07, 6.45) is 0.163. The molecule has 10 heteroatoms. The zero-order valence-electron chi connectivity index (χ0n) is 26.7. The second-order valence-electron chi connectivity index (χ2n) is 10.6. The van der Waals surface area contributed by atoms with Crippen LogP contribution in [-0.2, 0) is 34.3 Å². The number of anilines is 2. The number of hydrogen-bond donors (Lipinski definition) is 0. The molecule has 0 amide bonds. The van der Waals surface area contributed by atoms with E-state index in [4.69, 9.17) is 43.1 Å². The van der Waals surface area contributed by atoms with Crippen molar-refractivity contribution in [1.82, 2.24) is 0 Å². The molecule has 0 radical (unpaired) electrons. The van der Waals surface area contributed by atoms with Gasteiger partial charge in [-0.2, -0.15) is 6.67 Å². The average molecular weight is 734 g/mol. The Morgan fingerprint density at radius 2 is 1.52 bits per heavy atom. The van der Waals surface area contributed by atoms with E-state index in [2.05, 4.69) is 55.4 Å². The van der Waals surface area contributed by atoms with E-state index in [9.17, 15) is 0 Å². The van der Waals surface area contributed by atoms with E-state index in [-0.39, 0.29) is 12.9 Å². The summed E-state index contributed by atoms with van der Waals surface area (Å²) in [4.78, 5) is 4.59. The number of hydrogen-bond acceptors (Lipinski definition) is 7. The molecule has 1 fully saturated rings. The van der Waals surface area contributed by atoms with Gasteiger partial charge in [0.2, 0.25) is 0 Å². The third-order valence-electron chi connectivity index (χ3n) is 6.63. The molecule has 4 rings (SSSR count). The maximum atomic E-state index is 6.05. The van der Waals surface area contributed by atoms with Crippen molar-refractivity contribution in [3.63, 3.8) is 0 Å². The van der Waals surface area contributed by atoms with Gasteiger partial charge in [-0.15, -0.1) is 0 Å². The maximum absolute atomic E-state index is 6.05. The minimum absolute atomic E-state index is 0.163. The van der Waals surface area contributed by atoms with E-state index in [0.717, 1.165) is 41.4 Å². The molecule has 1 heterocycles. The van der Waals surface area contributed by atoms with Crippen molar-refractivity contribution >= 4 is 35.4 Å². The Morgan fingerprint density at radius 1 is 0.864 bits per heavy atom. The number of nitrogens with zero attached hydrogens (tertiary/aromatic N) is 2. The molecule has 0 bridgehead atoms. The minimum Gasteiger partial charge on any atom is -0.502 e. The van der Waals surface area contributed by atoms with Crippen molar-refractivity contribution in [2.45, 2.75) is 47.3 Å². The summed E-state index contributed by atoms with van der Waals surface area (Å²) in [6.45, 7) is 16.2. The van der Waals surface area contributed by atoms with E-state index < -0.39 is 13.5 Å². The topological polar surface area (TPSA) is 52.6 Å². The first kappa shape index (κ1) is 36.3. The summed E-state index contributed by atoms with van der Waals surface area (Å²) in [5, 5.41) is 0. The summed E-state index contributed by atoms with van der Waals surface area (Å²) >= 11 is -1.77. The molecule has 44 heavy (non-hydrogen) atoms. The van der Waals surface area contributed by atoms with Gasteiger partial charge in [-0.25, -0.2) is 0 Å². The van der Waals surface area contributed by atoms with Crippen LogP contribution in [0.4, 0.5) is 11.4 Å². The van der Waals surface area contributed by atoms with E-state index in [0.29, 0.717) is 19.8 Å². The Labute approximate surface area is 276 Å². The van der Waals surface area contributed by atoms with Crippen molar-refractivity contribution in [3.8, 4) is 11.5 Å². The molecule has 1 aliphatic heterocycles. The van der Waals surface area contributed by atoms with Crippen LogP contribution in [0.3, 0.4) is 0 Å². The van der Waals surface area contributed by atoms with Crippen molar-refractivity contribution in [2.75, 3.05) is 57.1 Å². The zero-order chi connectivity index (χ0) is 32.1. The summed E-state index contributed by atoms with van der Waals surface area (Å²) in [5.74, 6) is 1.68. The number of methoxy groups -OCH3 is 2. The van der Waals surface area contributed by atoms with E-state index in [1.54, 1.807) is 14.2 Å². The molecule has 0 N–H and O–H groups in total. The van der Waals surface area contributed by atoms with Gasteiger partial charge in [0, 0.05) is 38.6 Å². The van der Waals surface area contributed by atoms with Crippen LogP contribution in [-0.4, -0.2) is 58.0 Å². The molecule has 0 aliphatic carbocycles. The number of halogens is 2. The molecule has 0 spiro atoms. The predicted octanol–water partition coefficient (Wildman–Crippen LogP) is 7.75. The first-order valence-electron chi connectivity index (χ1n) is 14.5. The van der Waals surface area contributed by atoms with Crippen molar-refractivity contribution < 1.29 is 37.2 Å². The molecule has 1 saturated heterocycles. The van der Waals surface area contributed by atoms with Crippen molar-refractivity contribution in [3.05, 3.63) is 89.1 Å². The minimum atomic E-state index is -1.77. The summed E-state index contributed by atoms with van der Waals surface area (Å²) < 4.78 is 29.4. The largest absolute Gasteiger partial charge is 0.502 e. The van der Waals surface area contributed by atoms with Gasteiger partial charge in [-0.1, -0.05) is 29.8 Å². The number of ether oxygens (including phenoxy) is 5. The van der Waals surface area contributed by atoms with Gasteiger partial charge in [0.25, 0.3) is 0 Å². The Bertz CT molecular complexity index is 1320. The standard InChI is InChI=1S/C24H33N2O4.C10H12O.2ClH.Ru/c1-18-13-19(2)23(20(3)14-18)25-9-10-26(16-25)24-21(15-29-17-28-5)7-6-8-22(24)30-12-11-27-4;1-8(2)11-10-7-5-4-6-9(10)3;;;/h6-8,13-14,16H,9-12,15,17H2,1-5H3;3-8H,1-2H3;2*1H;/q-1;;;;+2/p-2. The van der Waals surface area contributed by atoms with Crippen molar-refractivity contribution in [2.24, 2.45) is 0 Å². The van der Waals surface area contributed by atoms with Gasteiger partial charge in [0.1, 0.15) is 19.1 Å².